The number of aromatic nitrogens is 2. The Labute approximate surface area is 214 Å². The summed E-state index contributed by atoms with van der Waals surface area (Å²) in [6, 6.07) is 11.6. The molecule has 11 nitrogen and oxygen atoms in total. The molecule has 0 aliphatic rings. The number of benzene rings is 2. The number of hydrogen-bond acceptors (Lipinski definition) is 7. The molecule has 0 aliphatic carbocycles. The second-order valence-corrected chi connectivity index (χ2v) is 9.21. The van der Waals surface area contributed by atoms with Crippen LogP contribution in [0.15, 0.2) is 54.9 Å². The quantitative estimate of drug-likeness (QED) is 0.196. The number of H-pyrrole nitrogens is 1. The van der Waals surface area contributed by atoms with Crippen molar-refractivity contribution in [1.29, 1.82) is 0 Å². The number of aromatic amines is 1. The van der Waals surface area contributed by atoms with Crippen molar-refractivity contribution in [2.24, 2.45) is 0 Å². The van der Waals surface area contributed by atoms with E-state index in [1.165, 1.54) is 18.5 Å². The van der Waals surface area contributed by atoms with Crippen molar-refractivity contribution in [2.45, 2.75) is 19.5 Å². The minimum absolute atomic E-state index is 0.0834. The Balaban J connectivity index is 1.38. The second kappa shape index (κ2) is 10.9. The van der Waals surface area contributed by atoms with Gasteiger partial charge in [0.25, 0.3) is 17.7 Å². The van der Waals surface area contributed by atoms with E-state index >= 15 is 0 Å². The summed E-state index contributed by atoms with van der Waals surface area (Å²) in [7, 11) is 0. The van der Waals surface area contributed by atoms with Crippen LogP contribution in [0.1, 0.15) is 40.8 Å². The third-order valence-corrected chi connectivity index (χ3v) is 6.71. The number of imidazole rings is 1. The van der Waals surface area contributed by atoms with E-state index in [1.807, 2.05) is 0 Å². The molecule has 6 N–H and O–H groups in total. The van der Waals surface area contributed by atoms with Crippen LogP contribution in [-0.2, 0) is 11.3 Å². The van der Waals surface area contributed by atoms with E-state index in [4.69, 9.17) is 0 Å². The van der Waals surface area contributed by atoms with E-state index in [-0.39, 0.29) is 34.2 Å². The number of carbonyl (C=O) groups is 4. The molecule has 0 saturated carbocycles. The molecule has 0 radical (unpaired) electrons. The summed E-state index contributed by atoms with van der Waals surface area (Å²) in [6.07, 6.45) is 1.45. The fourth-order valence-corrected chi connectivity index (χ4v) is 4.61. The van der Waals surface area contributed by atoms with Crippen LogP contribution in [0.5, 0.6) is 5.75 Å². The average Bonchev–Trinajstić information content (AvgIpc) is 3.51. The lowest BCUT2D eigenvalue weighted by Gasteiger charge is -2.15. The number of fused-ring (bicyclic) bond motifs is 1. The maximum absolute atomic E-state index is 12.8. The van der Waals surface area contributed by atoms with Crippen molar-refractivity contribution in [1.82, 2.24) is 25.9 Å². The Morgan fingerprint density at radius 3 is 2.57 bits per heavy atom. The molecule has 3 amide bonds. The molecule has 12 heteroatoms. The maximum atomic E-state index is 12.8. The number of amides is 3. The Kier molecular flexibility index (Phi) is 7.49. The van der Waals surface area contributed by atoms with E-state index in [1.54, 1.807) is 43.3 Å². The fraction of sp³-hybridized carbons (Fsp3) is 0.160. The minimum atomic E-state index is -1.40. The van der Waals surface area contributed by atoms with Crippen molar-refractivity contribution >= 4 is 46.1 Å². The van der Waals surface area contributed by atoms with Crippen LogP contribution in [0, 0.1) is 6.92 Å². The number of para-hydroxylation sites is 1. The van der Waals surface area contributed by atoms with Crippen LogP contribution in [0.25, 0.3) is 11.0 Å². The molecule has 1 unspecified atom stereocenters. The Hall–Kier alpha value is -4.71. The number of thiophene rings is 1. The number of aliphatic carboxylic acids is 1. The third-order valence-electron chi connectivity index (χ3n) is 5.48. The van der Waals surface area contributed by atoms with Gasteiger partial charge in [-0.25, -0.2) is 9.78 Å². The molecule has 37 heavy (non-hydrogen) atoms. The summed E-state index contributed by atoms with van der Waals surface area (Å²) in [6.45, 7) is 1.46. The van der Waals surface area contributed by atoms with E-state index < -0.39 is 29.7 Å². The zero-order chi connectivity index (χ0) is 26.5. The van der Waals surface area contributed by atoms with Gasteiger partial charge in [0, 0.05) is 13.1 Å². The summed E-state index contributed by atoms with van der Waals surface area (Å²) in [5.41, 5.74) is 2.58. The summed E-state index contributed by atoms with van der Waals surface area (Å²) in [5.74, 6) is -2.86. The number of carboxylic acid groups (broad SMARTS) is 1. The molecule has 1 atom stereocenters. The normalized spacial score (nSPS) is 11.6. The van der Waals surface area contributed by atoms with Gasteiger partial charge in [-0.15, -0.1) is 11.3 Å². The highest BCUT2D eigenvalue weighted by Crippen LogP contribution is 2.22. The van der Waals surface area contributed by atoms with Crippen LogP contribution in [0.4, 0.5) is 0 Å². The monoisotopic (exact) mass is 521 g/mol. The Bertz CT molecular complexity index is 1490. The highest BCUT2D eigenvalue weighted by molar-refractivity contribution is 7.16. The number of rotatable bonds is 9. The predicted molar refractivity (Wildman–Crippen MR) is 136 cm³/mol. The van der Waals surface area contributed by atoms with Crippen LogP contribution in [-0.4, -0.2) is 56.5 Å². The lowest BCUT2D eigenvalue weighted by molar-refractivity contribution is -0.139. The number of phenols is 1. The maximum Gasteiger partial charge on any atom is 0.328 e. The number of nitrogens with one attached hydrogen (secondary N) is 4. The number of hydrogen-bond donors (Lipinski definition) is 6. The average molecular weight is 522 g/mol. The molecule has 190 valence electrons. The first kappa shape index (κ1) is 25.4. The van der Waals surface area contributed by atoms with Gasteiger partial charge < -0.3 is 31.1 Å². The van der Waals surface area contributed by atoms with E-state index in [9.17, 15) is 29.4 Å². The van der Waals surface area contributed by atoms with Crippen molar-refractivity contribution in [3.05, 3.63) is 81.3 Å². The number of nitrogens with zero attached hydrogens (tertiary/aromatic N) is 1. The molecule has 0 bridgehead atoms. The predicted octanol–water partition coefficient (Wildman–Crippen LogP) is 2.18. The summed E-state index contributed by atoms with van der Waals surface area (Å²) >= 11 is 0.926. The molecule has 2 heterocycles. The van der Waals surface area contributed by atoms with Crippen LogP contribution in [0.3, 0.4) is 0 Å². The van der Waals surface area contributed by atoms with Gasteiger partial charge in [-0.1, -0.05) is 18.2 Å². The summed E-state index contributed by atoms with van der Waals surface area (Å²) in [4.78, 5) is 57.3. The first-order valence-corrected chi connectivity index (χ1v) is 11.9. The highest BCUT2D eigenvalue weighted by Gasteiger charge is 2.25. The fourth-order valence-electron chi connectivity index (χ4n) is 3.62. The summed E-state index contributed by atoms with van der Waals surface area (Å²) < 4.78 is 0. The van der Waals surface area contributed by atoms with Gasteiger partial charge in [-0.05, 0) is 48.4 Å². The van der Waals surface area contributed by atoms with Crippen molar-refractivity contribution < 1.29 is 29.4 Å². The Morgan fingerprint density at radius 1 is 1.03 bits per heavy atom. The topological polar surface area (TPSA) is 174 Å². The largest absolute Gasteiger partial charge is 0.508 e. The molecule has 4 aromatic rings. The zero-order valence-corrected chi connectivity index (χ0v) is 20.4. The van der Waals surface area contributed by atoms with Gasteiger partial charge in [0.15, 0.2) is 0 Å². The van der Waals surface area contributed by atoms with Crippen LogP contribution < -0.4 is 16.0 Å². The van der Waals surface area contributed by atoms with Crippen LogP contribution >= 0.6 is 11.3 Å². The molecule has 4 rings (SSSR count). The first-order valence-electron chi connectivity index (χ1n) is 11.1. The number of carboxylic acids is 1. The molecule has 2 aromatic heterocycles. The number of aromatic hydroxyl groups is 1. The first-order chi connectivity index (χ1) is 17.7. The van der Waals surface area contributed by atoms with Crippen molar-refractivity contribution in [3.8, 4) is 5.75 Å². The molecular weight excluding hydrogens is 498 g/mol. The molecule has 0 fully saturated rings. The van der Waals surface area contributed by atoms with E-state index in [0.29, 0.717) is 22.2 Å². The lowest BCUT2D eigenvalue weighted by atomic mass is 10.1. The summed E-state index contributed by atoms with van der Waals surface area (Å²) in [5, 5.41) is 26.8. The highest BCUT2D eigenvalue weighted by atomic mass is 32.1. The van der Waals surface area contributed by atoms with Gasteiger partial charge in [-0.3, -0.25) is 14.4 Å². The number of phenolic OH excluding ortho intramolecular Hbond substituents is 1. The molecule has 2 aromatic carbocycles. The standard InChI is InChI=1S/C25H23N5O6S/c1-13-8-19(23(33)26-10-14-4-2-5-15(31)9-14)37-21(13)24(34)30-18(25(35)36)11-27-22(32)16-6-3-7-17-20(16)29-12-28-17/h2-9,12,18,31H,10-11H2,1H3,(H,26,33)(H,27,32)(H,28,29)(H,30,34)(H,35,36). The van der Waals surface area contributed by atoms with Gasteiger partial charge in [0.05, 0.1) is 27.2 Å². The van der Waals surface area contributed by atoms with Gasteiger partial charge in [-0.2, -0.15) is 0 Å². The lowest BCUT2D eigenvalue weighted by Crippen LogP contribution is -2.48. The third kappa shape index (κ3) is 5.93. The number of aryl methyl sites for hydroxylation is 1. The smallest absolute Gasteiger partial charge is 0.328 e. The number of carbonyl (C=O) groups excluding carboxylic acids is 3. The molecule has 0 saturated heterocycles. The van der Waals surface area contributed by atoms with Crippen LogP contribution in [0.2, 0.25) is 0 Å². The van der Waals surface area contributed by atoms with Gasteiger partial charge in [0.2, 0.25) is 0 Å². The zero-order valence-electron chi connectivity index (χ0n) is 19.6. The van der Waals surface area contributed by atoms with E-state index in [2.05, 4.69) is 25.9 Å². The Morgan fingerprint density at radius 2 is 1.81 bits per heavy atom. The van der Waals surface area contributed by atoms with Gasteiger partial charge >= 0.3 is 5.97 Å². The minimum Gasteiger partial charge on any atom is -0.508 e. The molecule has 0 spiro atoms. The SMILES string of the molecule is Cc1cc(C(=O)NCc2cccc(O)c2)sc1C(=O)NC(CNC(=O)c1cccc2[nH]cnc12)C(=O)O. The van der Waals surface area contributed by atoms with E-state index in [0.717, 1.165) is 11.3 Å². The molecule has 0 aliphatic heterocycles. The van der Waals surface area contributed by atoms with Crippen molar-refractivity contribution in [3.63, 3.8) is 0 Å². The molecular formula is C25H23N5O6S. The second-order valence-electron chi connectivity index (χ2n) is 8.15. The van der Waals surface area contributed by atoms with Gasteiger partial charge in [0.1, 0.15) is 17.3 Å². The van der Waals surface area contributed by atoms with Crippen molar-refractivity contribution in [2.75, 3.05) is 6.54 Å².